The van der Waals surface area contributed by atoms with Crippen LogP contribution in [0.5, 0.6) is 0 Å². The van der Waals surface area contributed by atoms with Crippen molar-refractivity contribution in [2.24, 2.45) is 0 Å². The first-order valence-corrected chi connectivity index (χ1v) is 12.8. The van der Waals surface area contributed by atoms with E-state index in [9.17, 15) is 26.8 Å². The summed E-state index contributed by atoms with van der Waals surface area (Å²) in [5.41, 5.74) is 0.958. The van der Waals surface area contributed by atoms with Crippen LogP contribution in [0.3, 0.4) is 0 Å². The molecule has 1 aromatic carbocycles. The first-order valence-electron chi connectivity index (χ1n) is 10.1. The zero-order chi connectivity index (χ0) is 23.6. The van der Waals surface area contributed by atoms with Crippen molar-refractivity contribution >= 4 is 43.9 Å². The fourth-order valence-electron chi connectivity index (χ4n) is 3.72. The molecule has 3 rings (SSSR count). The van der Waals surface area contributed by atoms with Gasteiger partial charge in [0.05, 0.1) is 24.1 Å². The first-order chi connectivity index (χ1) is 15.0. The van der Waals surface area contributed by atoms with Crippen LogP contribution in [-0.4, -0.2) is 39.2 Å². The lowest BCUT2D eigenvalue weighted by molar-refractivity contribution is -0.116. The minimum absolute atomic E-state index is 0.172. The molecule has 0 spiro atoms. The number of nitrogens with zero attached hydrogens (tertiary/aromatic N) is 1. The Bertz CT molecular complexity index is 1150. The van der Waals surface area contributed by atoms with E-state index in [-0.39, 0.29) is 12.3 Å². The van der Waals surface area contributed by atoms with Crippen LogP contribution >= 0.6 is 11.3 Å². The number of nitrogens with one attached hydrogen (secondary N) is 1. The number of esters is 1. The average molecular weight is 487 g/mol. The van der Waals surface area contributed by atoms with Gasteiger partial charge in [-0.2, -0.15) is 0 Å². The van der Waals surface area contributed by atoms with Crippen LogP contribution in [0.25, 0.3) is 0 Å². The molecule has 0 radical (unpaired) electrons. The van der Waals surface area contributed by atoms with Gasteiger partial charge in [-0.25, -0.2) is 22.0 Å². The van der Waals surface area contributed by atoms with Crippen molar-refractivity contribution in [2.45, 2.75) is 45.6 Å². The van der Waals surface area contributed by atoms with Gasteiger partial charge >= 0.3 is 5.97 Å². The maximum Gasteiger partial charge on any atom is 0.341 e. The molecule has 1 aromatic heterocycles. The van der Waals surface area contributed by atoms with Gasteiger partial charge in [-0.05, 0) is 57.2 Å². The van der Waals surface area contributed by atoms with Gasteiger partial charge in [-0.1, -0.05) is 0 Å². The van der Waals surface area contributed by atoms with Crippen molar-refractivity contribution in [3.05, 3.63) is 45.8 Å². The van der Waals surface area contributed by atoms with Crippen LogP contribution in [0, 0.1) is 11.6 Å². The number of carbonyl (C=O) groups excluding carboxylic acids is 2. The Morgan fingerprint density at radius 1 is 1.22 bits per heavy atom. The van der Waals surface area contributed by atoms with E-state index in [2.05, 4.69) is 5.32 Å². The standard InChI is InChI=1S/C21H24F2N2O5S2/c1-4-30-21(27)18-14-7-5-6-8-17(14)31-20(18)24-19(26)12(2)25(32(3,28)29)13-9-10-15(22)16(23)11-13/h9-12H,4-8H2,1-3H3,(H,24,26)/t12-/m0/s1. The Balaban J connectivity index is 1.95. The number of benzene rings is 1. The molecule has 174 valence electrons. The van der Waals surface area contributed by atoms with Crippen LogP contribution in [0.4, 0.5) is 19.5 Å². The summed E-state index contributed by atoms with van der Waals surface area (Å²) in [7, 11) is -4.03. The molecule has 0 saturated heterocycles. The molecule has 1 atom stereocenters. The molecule has 1 aliphatic rings. The molecule has 0 unspecified atom stereocenters. The van der Waals surface area contributed by atoms with Crippen molar-refractivity contribution in [3.63, 3.8) is 0 Å². The minimum atomic E-state index is -4.03. The monoisotopic (exact) mass is 486 g/mol. The zero-order valence-corrected chi connectivity index (χ0v) is 19.5. The van der Waals surface area contributed by atoms with Crippen LogP contribution in [0.15, 0.2) is 18.2 Å². The molecular formula is C21H24F2N2O5S2. The number of carbonyl (C=O) groups is 2. The van der Waals surface area contributed by atoms with E-state index in [0.717, 1.165) is 48.1 Å². The second kappa shape index (κ2) is 9.53. The third kappa shape index (κ3) is 4.93. The average Bonchev–Trinajstić information content (AvgIpc) is 3.07. The molecule has 1 heterocycles. The summed E-state index contributed by atoms with van der Waals surface area (Å²) in [6, 6.07) is 1.29. The summed E-state index contributed by atoms with van der Waals surface area (Å²) in [5, 5.41) is 2.96. The highest BCUT2D eigenvalue weighted by Gasteiger charge is 2.32. The number of hydrogen-bond acceptors (Lipinski definition) is 6. The van der Waals surface area contributed by atoms with Gasteiger partial charge in [0.2, 0.25) is 15.9 Å². The minimum Gasteiger partial charge on any atom is -0.462 e. The van der Waals surface area contributed by atoms with Gasteiger partial charge in [-0.15, -0.1) is 11.3 Å². The Morgan fingerprint density at radius 2 is 1.91 bits per heavy atom. The van der Waals surface area contributed by atoms with E-state index >= 15 is 0 Å². The lowest BCUT2D eigenvalue weighted by Crippen LogP contribution is -2.45. The molecule has 0 aliphatic heterocycles. The molecule has 0 bridgehead atoms. The van der Waals surface area contributed by atoms with Crippen molar-refractivity contribution in [2.75, 3.05) is 22.5 Å². The number of anilines is 2. The molecule has 11 heteroatoms. The third-order valence-electron chi connectivity index (χ3n) is 5.13. The molecular weight excluding hydrogens is 462 g/mol. The fraction of sp³-hybridized carbons (Fsp3) is 0.429. The summed E-state index contributed by atoms with van der Waals surface area (Å²) in [4.78, 5) is 26.6. The fourth-order valence-corrected chi connectivity index (χ4v) is 6.17. The van der Waals surface area contributed by atoms with Crippen LogP contribution in [-0.2, 0) is 32.4 Å². The molecule has 2 aromatic rings. The number of amides is 1. The normalized spacial score (nSPS) is 14.4. The molecule has 32 heavy (non-hydrogen) atoms. The van der Waals surface area contributed by atoms with E-state index in [1.165, 1.54) is 18.3 Å². The number of thiophene rings is 1. The highest BCUT2D eigenvalue weighted by atomic mass is 32.2. The van der Waals surface area contributed by atoms with Gasteiger partial charge in [-0.3, -0.25) is 9.10 Å². The Kier molecular flexibility index (Phi) is 7.19. The largest absolute Gasteiger partial charge is 0.462 e. The summed E-state index contributed by atoms with van der Waals surface area (Å²) in [5.74, 6) is -3.64. The van der Waals surface area contributed by atoms with E-state index in [4.69, 9.17) is 4.74 Å². The van der Waals surface area contributed by atoms with Crippen LogP contribution in [0.1, 0.15) is 47.5 Å². The predicted octanol–water partition coefficient (Wildman–Crippen LogP) is 3.88. The third-order valence-corrected chi connectivity index (χ3v) is 7.58. The second-order valence-electron chi connectivity index (χ2n) is 7.46. The number of ether oxygens (including phenoxy) is 1. The number of sulfonamides is 1. The van der Waals surface area contributed by atoms with Crippen molar-refractivity contribution in [1.82, 2.24) is 0 Å². The number of rotatable bonds is 7. The smallest absolute Gasteiger partial charge is 0.341 e. The number of fused-ring (bicyclic) bond motifs is 1. The quantitative estimate of drug-likeness (QED) is 0.600. The SMILES string of the molecule is CCOC(=O)c1c(NC(=O)[C@H](C)N(c2ccc(F)c(F)c2)S(C)(=O)=O)sc2c1CCCC2. The summed E-state index contributed by atoms with van der Waals surface area (Å²) in [6.07, 6.45) is 4.22. The molecule has 1 aliphatic carbocycles. The Hall–Kier alpha value is -2.53. The first kappa shape index (κ1) is 24.1. The highest BCUT2D eigenvalue weighted by Crippen LogP contribution is 2.39. The maximum atomic E-state index is 13.7. The number of halogens is 2. The van der Waals surface area contributed by atoms with Gasteiger partial charge in [0.15, 0.2) is 11.6 Å². The number of hydrogen-bond donors (Lipinski definition) is 1. The summed E-state index contributed by atoms with van der Waals surface area (Å²) in [6.45, 7) is 3.18. The topological polar surface area (TPSA) is 92.8 Å². The van der Waals surface area contributed by atoms with E-state index in [1.54, 1.807) is 6.92 Å². The molecule has 0 saturated carbocycles. The van der Waals surface area contributed by atoms with Crippen molar-refractivity contribution in [1.29, 1.82) is 0 Å². The van der Waals surface area contributed by atoms with E-state index in [0.29, 0.717) is 27.4 Å². The predicted molar refractivity (Wildman–Crippen MR) is 119 cm³/mol. The van der Waals surface area contributed by atoms with Gasteiger partial charge in [0.25, 0.3) is 0 Å². The van der Waals surface area contributed by atoms with Gasteiger partial charge < -0.3 is 10.1 Å². The Morgan fingerprint density at radius 3 is 2.53 bits per heavy atom. The van der Waals surface area contributed by atoms with Crippen molar-refractivity contribution < 1.29 is 31.5 Å². The van der Waals surface area contributed by atoms with E-state index in [1.807, 2.05) is 0 Å². The lowest BCUT2D eigenvalue weighted by Gasteiger charge is -2.28. The van der Waals surface area contributed by atoms with Gasteiger partial charge in [0.1, 0.15) is 11.0 Å². The van der Waals surface area contributed by atoms with Crippen LogP contribution in [0.2, 0.25) is 0 Å². The van der Waals surface area contributed by atoms with E-state index < -0.39 is 39.6 Å². The maximum absolute atomic E-state index is 13.7. The zero-order valence-electron chi connectivity index (χ0n) is 17.9. The molecule has 7 nitrogen and oxygen atoms in total. The highest BCUT2D eigenvalue weighted by molar-refractivity contribution is 7.92. The molecule has 0 fully saturated rings. The molecule has 1 N–H and O–H groups in total. The van der Waals surface area contributed by atoms with Crippen LogP contribution < -0.4 is 9.62 Å². The number of aryl methyl sites for hydroxylation is 1. The summed E-state index contributed by atoms with van der Waals surface area (Å²) < 4.78 is 57.8. The molecule has 1 amide bonds. The Labute approximate surface area is 189 Å². The second-order valence-corrected chi connectivity index (χ2v) is 10.4. The lowest BCUT2D eigenvalue weighted by atomic mass is 9.95. The van der Waals surface area contributed by atoms with Gasteiger partial charge in [0, 0.05) is 10.9 Å². The van der Waals surface area contributed by atoms with Crippen molar-refractivity contribution in [3.8, 4) is 0 Å². The summed E-state index contributed by atoms with van der Waals surface area (Å²) >= 11 is 1.27.